The third kappa shape index (κ3) is 5.84. The van der Waals surface area contributed by atoms with E-state index < -0.39 is 5.91 Å². The Morgan fingerprint density at radius 3 is 2.73 bits per heavy atom. The Kier molecular flexibility index (Phi) is 7.09. The molecule has 30 heavy (non-hydrogen) atoms. The topological polar surface area (TPSA) is 126 Å². The van der Waals surface area contributed by atoms with Crippen LogP contribution in [-0.2, 0) is 11.2 Å². The molecule has 3 rings (SSSR count). The predicted molar refractivity (Wildman–Crippen MR) is 116 cm³/mol. The zero-order valence-corrected chi connectivity index (χ0v) is 18.0. The summed E-state index contributed by atoms with van der Waals surface area (Å²) < 4.78 is 5.83. The van der Waals surface area contributed by atoms with E-state index in [2.05, 4.69) is 42.0 Å². The number of nitrogens with one attached hydrogen (secondary N) is 2. The van der Waals surface area contributed by atoms with E-state index >= 15 is 0 Å². The van der Waals surface area contributed by atoms with Crippen LogP contribution in [0, 0.1) is 0 Å². The minimum Gasteiger partial charge on any atom is -0.507 e. The Morgan fingerprint density at radius 1 is 1.23 bits per heavy atom. The summed E-state index contributed by atoms with van der Waals surface area (Å²) in [7, 11) is 1.55. The Labute approximate surface area is 183 Å². The number of amides is 2. The molecule has 0 spiro atoms. The van der Waals surface area contributed by atoms with E-state index in [0.29, 0.717) is 21.9 Å². The van der Waals surface area contributed by atoms with Crippen molar-refractivity contribution in [2.24, 2.45) is 5.10 Å². The van der Waals surface area contributed by atoms with Crippen LogP contribution < -0.4 is 15.5 Å². The third-order valence-electron chi connectivity index (χ3n) is 3.73. The first kappa shape index (κ1) is 21.4. The molecule has 11 heteroatoms. The number of carbonyl (C=O) groups excluding carboxylic acids is 2. The monoisotopic (exact) mass is 489 g/mol. The fraction of sp³-hybridized carbons (Fsp3) is 0.105. The van der Waals surface area contributed by atoms with Gasteiger partial charge in [-0.1, -0.05) is 27.3 Å². The van der Waals surface area contributed by atoms with Crippen LogP contribution in [0.4, 0.5) is 5.13 Å². The molecule has 1 heterocycles. The number of benzene rings is 2. The van der Waals surface area contributed by atoms with Gasteiger partial charge < -0.3 is 9.84 Å². The quantitative estimate of drug-likeness (QED) is 0.346. The number of ether oxygens (including phenoxy) is 1. The van der Waals surface area contributed by atoms with E-state index in [1.807, 2.05) is 0 Å². The zero-order valence-electron chi connectivity index (χ0n) is 15.6. The number of hydrogen-bond donors (Lipinski definition) is 3. The molecular weight excluding hydrogens is 474 g/mol. The fourth-order valence-electron chi connectivity index (χ4n) is 2.27. The lowest BCUT2D eigenvalue weighted by Gasteiger charge is -2.02. The van der Waals surface area contributed by atoms with E-state index in [-0.39, 0.29) is 23.2 Å². The lowest BCUT2D eigenvalue weighted by atomic mass is 10.2. The highest BCUT2D eigenvalue weighted by Gasteiger charge is 2.12. The number of nitrogens with zero attached hydrogens (tertiary/aromatic N) is 3. The Hall–Kier alpha value is -3.31. The lowest BCUT2D eigenvalue weighted by molar-refractivity contribution is -0.120. The Morgan fingerprint density at radius 2 is 2.00 bits per heavy atom. The minimum absolute atomic E-state index is 0.0394. The highest BCUT2D eigenvalue weighted by molar-refractivity contribution is 9.10. The van der Waals surface area contributed by atoms with Crippen molar-refractivity contribution in [2.45, 2.75) is 6.42 Å². The molecule has 0 radical (unpaired) electrons. The number of rotatable bonds is 7. The molecule has 0 bridgehead atoms. The smallest absolute Gasteiger partial charge is 0.257 e. The number of methoxy groups -OCH3 is 1. The second-order valence-corrected chi connectivity index (χ2v) is 7.83. The molecule has 0 saturated heterocycles. The summed E-state index contributed by atoms with van der Waals surface area (Å²) in [6.07, 6.45) is 1.27. The number of aromatic hydroxyl groups is 1. The molecule has 0 aliphatic carbocycles. The van der Waals surface area contributed by atoms with Crippen molar-refractivity contribution in [1.82, 2.24) is 15.6 Å². The predicted octanol–water partition coefficient (Wildman–Crippen LogP) is 2.96. The van der Waals surface area contributed by atoms with Gasteiger partial charge in [-0.25, -0.2) is 5.43 Å². The molecule has 1 aromatic heterocycles. The summed E-state index contributed by atoms with van der Waals surface area (Å²) in [5, 5.41) is 24.7. The maximum Gasteiger partial charge on any atom is 0.257 e. The van der Waals surface area contributed by atoms with Gasteiger partial charge in [0.2, 0.25) is 11.0 Å². The van der Waals surface area contributed by atoms with Gasteiger partial charge in [-0.2, -0.15) is 5.10 Å². The van der Waals surface area contributed by atoms with E-state index in [1.165, 1.54) is 12.3 Å². The molecular formula is C19H16BrN5O4S. The van der Waals surface area contributed by atoms with E-state index in [0.717, 1.165) is 15.8 Å². The Bertz CT molecular complexity index is 1080. The van der Waals surface area contributed by atoms with Crippen molar-refractivity contribution in [1.29, 1.82) is 0 Å². The molecule has 3 N–H and O–H groups in total. The summed E-state index contributed by atoms with van der Waals surface area (Å²) in [5.41, 5.74) is 3.25. The van der Waals surface area contributed by atoms with Crippen molar-refractivity contribution in [3.63, 3.8) is 0 Å². The average molecular weight is 490 g/mol. The SMILES string of the molecule is COc1ccc(C(=O)Nc2nnc(CC(=O)N/N=C\c3cc(Br)ccc3O)s2)cc1. The number of halogens is 1. The van der Waals surface area contributed by atoms with Gasteiger partial charge in [0.25, 0.3) is 5.91 Å². The van der Waals surface area contributed by atoms with Gasteiger partial charge in [0.15, 0.2) is 0 Å². The molecule has 0 fully saturated rings. The first-order valence-electron chi connectivity index (χ1n) is 8.53. The molecule has 0 aliphatic heterocycles. The normalized spacial score (nSPS) is 10.7. The van der Waals surface area contributed by atoms with Crippen LogP contribution in [-0.4, -0.2) is 40.4 Å². The number of phenols is 1. The van der Waals surface area contributed by atoms with Crippen LogP contribution >= 0.6 is 27.3 Å². The van der Waals surface area contributed by atoms with Gasteiger partial charge in [0.1, 0.15) is 16.5 Å². The van der Waals surface area contributed by atoms with E-state index in [9.17, 15) is 14.7 Å². The zero-order chi connectivity index (χ0) is 21.5. The molecule has 2 amide bonds. The van der Waals surface area contributed by atoms with Crippen molar-refractivity contribution in [3.8, 4) is 11.5 Å². The summed E-state index contributed by atoms with van der Waals surface area (Å²) in [5.74, 6) is -0.0701. The van der Waals surface area contributed by atoms with Crippen LogP contribution in [0.3, 0.4) is 0 Å². The first-order valence-corrected chi connectivity index (χ1v) is 10.1. The number of aromatic nitrogens is 2. The molecule has 3 aromatic rings. The van der Waals surface area contributed by atoms with Gasteiger partial charge in [0.05, 0.1) is 19.7 Å². The van der Waals surface area contributed by atoms with Crippen LogP contribution in [0.1, 0.15) is 20.9 Å². The van der Waals surface area contributed by atoms with Gasteiger partial charge >= 0.3 is 0 Å². The van der Waals surface area contributed by atoms with Crippen LogP contribution in [0.25, 0.3) is 0 Å². The van der Waals surface area contributed by atoms with Gasteiger partial charge in [0, 0.05) is 15.6 Å². The molecule has 2 aromatic carbocycles. The van der Waals surface area contributed by atoms with Crippen molar-refractivity contribution >= 4 is 50.4 Å². The molecule has 0 atom stereocenters. The third-order valence-corrected chi connectivity index (χ3v) is 5.07. The van der Waals surface area contributed by atoms with Gasteiger partial charge in [-0.05, 0) is 42.5 Å². The van der Waals surface area contributed by atoms with Crippen molar-refractivity contribution < 1.29 is 19.4 Å². The van der Waals surface area contributed by atoms with Gasteiger partial charge in [-0.15, -0.1) is 10.2 Å². The standard InChI is InChI=1S/C19H16BrN5O4S/c1-29-14-5-2-11(3-6-14)18(28)22-19-25-24-17(30-19)9-16(27)23-21-10-12-8-13(20)4-7-15(12)26/h2-8,10,26H,9H2,1H3,(H,23,27)(H,22,25,28)/b21-10-. The number of hydrazone groups is 1. The van der Waals surface area contributed by atoms with Crippen molar-refractivity contribution in [3.05, 3.63) is 63.1 Å². The Balaban J connectivity index is 1.53. The fourth-order valence-corrected chi connectivity index (χ4v) is 3.38. The summed E-state index contributed by atoms with van der Waals surface area (Å²) >= 11 is 4.38. The molecule has 154 valence electrons. The maximum atomic E-state index is 12.2. The van der Waals surface area contributed by atoms with Crippen LogP contribution in [0.5, 0.6) is 11.5 Å². The van der Waals surface area contributed by atoms with Crippen molar-refractivity contribution in [2.75, 3.05) is 12.4 Å². The van der Waals surface area contributed by atoms with Crippen LogP contribution in [0.15, 0.2) is 52.0 Å². The summed E-state index contributed by atoms with van der Waals surface area (Å²) in [4.78, 5) is 24.2. The number of phenolic OH excluding ortho intramolecular Hbond substituents is 1. The van der Waals surface area contributed by atoms with Gasteiger partial charge in [-0.3, -0.25) is 14.9 Å². The first-order chi connectivity index (χ1) is 14.4. The van der Waals surface area contributed by atoms with Crippen LogP contribution in [0.2, 0.25) is 0 Å². The highest BCUT2D eigenvalue weighted by atomic mass is 79.9. The summed E-state index contributed by atoms with van der Waals surface area (Å²) in [6.45, 7) is 0. The average Bonchev–Trinajstić information content (AvgIpc) is 3.17. The molecule has 0 unspecified atom stereocenters. The minimum atomic E-state index is -0.412. The highest BCUT2D eigenvalue weighted by Crippen LogP contribution is 2.20. The number of carbonyl (C=O) groups is 2. The summed E-state index contributed by atoms with van der Waals surface area (Å²) in [6, 6.07) is 11.5. The van der Waals surface area contributed by atoms with E-state index in [1.54, 1.807) is 43.5 Å². The largest absolute Gasteiger partial charge is 0.507 e. The number of hydrogen-bond acceptors (Lipinski definition) is 8. The number of anilines is 1. The lowest BCUT2D eigenvalue weighted by Crippen LogP contribution is -2.19. The molecule has 0 saturated carbocycles. The second kappa shape index (κ2) is 9.94. The maximum absolute atomic E-state index is 12.2. The molecule has 0 aliphatic rings. The second-order valence-electron chi connectivity index (χ2n) is 5.86. The molecule has 9 nitrogen and oxygen atoms in total. The van der Waals surface area contributed by atoms with E-state index in [4.69, 9.17) is 4.74 Å².